The molecule has 1 fully saturated rings. The Labute approximate surface area is 181 Å². The van der Waals surface area contributed by atoms with Crippen LogP contribution in [0.5, 0.6) is 0 Å². The number of aryl methyl sites for hydroxylation is 1. The van der Waals surface area contributed by atoms with Gasteiger partial charge in [0.15, 0.2) is 10.9 Å². The molecule has 6 nitrogen and oxygen atoms in total. The third-order valence-electron chi connectivity index (χ3n) is 5.58. The van der Waals surface area contributed by atoms with Crippen molar-refractivity contribution in [2.75, 3.05) is 0 Å². The van der Waals surface area contributed by atoms with E-state index in [1.807, 2.05) is 31.2 Å². The van der Waals surface area contributed by atoms with Gasteiger partial charge in [0.25, 0.3) is 0 Å². The Hall–Kier alpha value is -2.54. The monoisotopic (exact) mass is 424 g/mol. The maximum atomic E-state index is 12.7. The van der Waals surface area contributed by atoms with Crippen molar-refractivity contribution in [2.45, 2.75) is 68.9 Å². The quantitative estimate of drug-likeness (QED) is 0.531. The van der Waals surface area contributed by atoms with Gasteiger partial charge in [-0.1, -0.05) is 60.9 Å². The van der Waals surface area contributed by atoms with Gasteiger partial charge in [-0.2, -0.15) is 0 Å². The Bertz CT molecular complexity index is 960. The lowest BCUT2D eigenvalue weighted by Gasteiger charge is -2.25. The van der Waals surface area contributed by atoms with Crippen molar-refractivity contribution in [3.8, 4) is 11.6 Å². The lowest BCUT2D eigenvalue weighted by Crippen LogP contribution is -2.30. The van der Waals surface area contributed by atoms with Crippen LogP contribution in [0.3, 0.4) is 0 Å². The van der Waals surface area contributed by atoms with Crippen molar-refractivity contribution in [3.63, 3.8) is 0 Å². The first-order valence-corrected chi connectivity index (χ1v) is 11.5. The molecule has 2 heterocycles. The normalized spacial score (nSPS) is 15.8. The zero-order valence-corrected chi connectivity index (χ0v) is 18.3. The number of nitrogens with one attached hydrogen (secondary N) is 1. The summed E-state index contributed by atoms with van der Waals surface area (Å²) in [5.74, 6) is 1.47. The minimum Gasteiger partial charge on any atom is -0.461 e. The smallest absolute Gasteiger partial charge is 0.233 e. The maximum Gasteiger partial charge on any atom is 0.233 e. The summed E-state index contributed by atoms with van der Waals surface area (Å²) in [5, 5.41) is 12.4. The predicted molar refractivity (Wildman–Crippen MR) is 118 cm³/mol. The summed E-state index contributed by atoms with van der Waals surface area (Å²) in [6, 6.07) is 12.3. The van der Waals surface area contributed by atoms with E-state index >= 15 is 0 Å². The summed E-state index contributed by atoms with van der Waals surface area (Å²) in [6.07, 6.45) is 7.55. The largest absolute Gasteiger partial charge is 0.461 e. The highest BCUT2D eigenvalue weighted by Crippen LogP contribution is 2.36. The van der Waals surface area contributed by atoms with Gasteiger partial charge in [-0.25, -0.2) is 0 Å². The number of amides is 1. The Balaban J connectivity index is 1.47. The number of hydrogen-bond donors (Lipinski definition) is 1. The Kier molecular flexibility index (Phi) is 6.57. The summed E-state index contributed by atoms with van der Waals surface area (Å²) in [6.45, 7) is 4.50. The fraction of sp³-hybridized carbons (Fsp3) is 0.435. The molecule has 1 atom stereocenters. The van der Waals surface area contributed by atoms with Crippen LogP contribution in [-0.2, 0) is 11.3 Å². The van der Waals surface area contributed by atoms with E-state index in [2.05, 4.69) is 39.1 Å². The Morgan fingerprint density at radius 2 is 1.97 bits per heavy atom. The van der Waals surface area contributed by atoms with E-state index in [1.165, 1.54) is 36.6 Å². The molecule has 1 aliphatic carbocycles. The topological polar surface area (TPSA) is 73.0 Å². The van der Waals surface area contributed by atoms with Crippen LogP contribution in [0.15, 0.2) is 52.2 Å². The first kappa shape index (κ1) is 20.7. The lowest BCUT2D eigenvalue weighted by atomic mass is 9.95. The zero-order valence-electron chi connectivity index (χ0n) is 17.5. The first-order valence-electron chi connectivity index (χ1n) is 10.6. The van der Waals surface area contributed by atoms with Crippen LogP contribution < -0.4 is 5.32 Å². The Morgan fingerprint density at radius 3 is 2.67 bits per heavy atom. The average Bonchev–Trinajstić information content (AvgIpc) is 3.43. The summed E-state index contributed by atoms with van der Waals surface area (Å²) in [4.78, 5) is 12.7. The number of furan rings is 1. The summed E-state index contributed by atoms with van der Waals surface area (Å²) >= 11 is 1.46. The number of carbonyl (C=O) groups excluding carboxylic acids is 1. The SMILES string of the molecule is Cc1ccc(CNC(=O)C(C)Sc2nnc(-c3ccco3)n2C2CCCCC2)cc1. The molecule has 0 spiro atoms. The molecule has 1 aliphatic rings. The minimum absolute atomic E-state index is 0.00156. The number of nitrogens with zero attached hydrogens (tertiary/aromatic N) is 3. The van der Waals surface area contributed by atoms with E-state index in [0.717, 1.165) is 35.1 Å². The standard InChI is InChI=1S/C23H28N4O2S/c1-16-10-12-18(13-11-16)15-24-22(28)17(2)30-23-26-25-21(20-9-6-14-29-20)27(23)19-7-4-3-5-8-19/h6,9-14,17,19H,3-5,7-8,15H2,1-2H3,(H,24,28). The van der Waals surface area contributed by atoms with E-state index in [9.17, 15) is 4.79 Å². The van der Waals surface area contributed by atoms with Gasteiger partial charge in [-0.3, -0.25) is 9.36 Å². The average molecular weight is 425 g/mol. The molecule has 158 valence electrons. The number of aromatic nitrogens is 3. The minimum atomic E-state index is -0.272. The molecule has 1 aromatic carbocycles. The van der Waals surface area contributed by atoms with Crippen LogP contribution in [0.1, 0.15) is 56.2 Å². The number of rotatable bonds is 7. The number of carbonyl (C=O) groups is 1. The zero-order chi connectivity index (χ0) is 20.9. The van der Waals surface area contributed by atoms with Gasteiger partial charge in [0, 0.05) is 12.6 Å². The highest BCUT2D eigenvalue weighted by atomic mass is 32.2. The fourth-order valence-electron chi connectivity index (χ4n) is 3.85. The Morgan fingerprint density at radius 1 is 1.20 bits per heavy atom. The third-order valence-corrected chi connectivity index (χ3v) is 6.64. The van der Waals surface area contributed by atoms with Crippen LogP contribution in [0.4, 0.5) is 0 Å². The molecule has 0 bridgehead atoms. The van der Waals surface area contributed by atoms with Gasteiger partial charge in [0.1, 0.15) is 0 Å². The van der Waals surface area contributed by atoms with Crippen molar-refractivity contribution >= 4 is 17.7 Å². The molecule has 7 heteroatoms. The van der Waals surface area contributed by atoms with Crippen LogP contribution >= 0.6 is 11.8 Å². The van der Waals surface area contributed by atoms with E-state index in [1.54, 1.807) is 6.26 Å². The fourth-order valence-corrected chi connectivity index (χ4v) is 4.79. The molecular weight excluding hydrogens is 396 g/mol. The highest BCUT2D eigenvalue weighted by molar-refractivity contribution is 8.00. The van der Waals surface area contributed by atoms with Gasteiger partial charge in [0.2, 0.25) is 11.7 Å². The molecule has 2 aromatic heterocycles. The third kappa shape index (κ3) is 4.78. The highest BCUT2D eigenvalue weighted by Gasteiger charge is 2.27. The van der Waals surface area contributed by atoms with Gasteiger partial charge in [-0.15, -0.1) is 10.2 Å². The van der Waals surface area contributed by atoms with Crippen LogP contribution in [-0.4, -0.2) is 25.9 Å². The number of benzene rings is 1. The molecule has 4 rings (SSSR count). The number of hydrogen-bond acceptors (Lipinski definition) is 5. The molecule has 0 saturated heterocycles. The molecule has 1 unspecified atom stereocenters. The van der Waals surface area contributed by atoms with Crippen molar-refractivity contribution in [1.82, 2.24) is 20.1 Å². The van der Waals surface area contributed by atoms with Crippen molar-refractivity contribution < 1.29 is 9.21 Å². The van der Waals surface area contributed by atoms with Crippen molar-refractivity contribution in [3.05, 3.63) is 53.8 Å². The molecule has 3 aromatic rings. The van der Waals surface area contributed by atoms with Gasteiger partial charge >= 0.3 is 0 Å². The van der Waals surface area contributed by atoms with E-state index < -0.39 is 0 Å². The second-order valence-corrected chi connectivity index (χ2v) is 9.22. The molecule has 0 radical (unpaired) electrons. The van der Waals surface area contributed by atoms with E-state index in [0.29, 0.717) is 12.6 Å². The summed E-state index contributed by atoms with van der Waals surface area (Å²) in [7, 11) is 0. The molecule has 1 saturated carbocycles. The van der Waals surface area contributed by atoms with Crippen molar-refractivity contribution in [2.24, 2.45) is 0 Å². The van der Waals surface area contributed by atoms with Crippen molar-refractivity contribution in [1.29, 1.82) is 0 Å². The summed E-state index contributed by atoms with van der Waals surface area (Å²) < 4.78 is 7.79. The molecular formula is C23H28N4O2S. The van der Waals surface area contributed by atoms with E-state index in [4.69, 9.17) is 4.42 Å². The predicted octanol–water partition coefficient (Wildman–Crippen LogP) is 5.15. The lowest BCUT2D eigenvalue weighted by molar-refractivity contribution is -0.120. The second kappa shape index (κ2) is 9.51. The molecule has 30 heavy (non-hydrogen) atoms. The molecule has 0 aliphatic heterocycles. The number of thioether (sulfide) groups is 1. The first-order chi connectivity index (χ1) is 14.6. The van der Waals surface area contributed by atoms with Crippen LogP contribution in [0.25, 0.3) is 11.6 Å². The van der Waals surface area contributed by atoms with Crippen LogP contribution in [0, 0.1) is 6.92 Å². The van der Waals surface area contributed by atoms with E-state index in [-0.39, 0.29) is 11.2 Å². The second-order valence-electron chi connectivity index (χ2n) is 7.91. The molecule has 1 N–H and O–H groups in total. The van der Waals surface area contributed by atoms with Gasteiger partial charge in [-0.05, 0) is 44.4 Å². The maximum absolute atomic E-state index is 12.7. The van der Waals surface area contributed by atoms with Gasteiger partial charge < -0.3 is 9.73 Å². The van der Waals surface area contributed by atoms with Gasteiger partial charge in [0.05, 0.1) is 11.5 Å². The summed E-state index contributed by atoms with van der Waals surface area (Å²) in [5.41, 5.74) is 2.31. The van der Waals surface area contributed by atoms with Crippen LogP contribution in [0.2, 0.25) is 0 Å². The molecule has 1 amide bonds.